The fourth-order valence-electron chi connectivity index (χ4n) is 1.25. The second-order valence-electron chi connectivity index (χ2n) is 3.46. The number of carboxylic acids is 1. The van der Waals surface area contributed by atoms with E-state index in [0.29, 0.717) is 0 Å². The van der Waals surface area contributed by atoms with E-state index in [9.17, 15) is 9.59 Å². The molecule has 0 heterocycles. The monoisotopic (exact) mass is 206 g/mol. The van der Waals surface area contributed by atoms with E-state index in [1.807, 2.05) is 0 Å². The highest BCUT2D eigenvalue weighted by molar-refractivity contribution is 6.02. The summed E-state index contributed by atoms with van der Waals surface area (Å²) in [5.74, 6) is -1.66. The third-order valence-corrected chi connectivity index (χ3v) is 2.18. The summed E-state index contributed by atoms with van der Waals surface area (Å²) in [5.41, 5.74) is 0.111. The van der Waals surface area contributed by atoms with Gasteiger partial charge in [0.1, 0.15) is 6.10 Å². The highest BCUT2D eigenvalue weighted by atomic mass is 16.5. The average molecular weight is 206 g/mol. The van der Waals surface area contributed by atoms with Crippen molar-refractivity contribution in [2.24, 2.45) is 0 Å². The second-order valence-corrected chi connectivity index (χ2v) is 3.46. The lowest BCUT2D eigenvalue weighted by Gasteiger charge is -2.05. The molecule has 1 fully saturated rings. The average Bonchev–Trinajstić information content (AvgIpc) is 3.01. The van der Waals surface area contributed by atoms with Gasteiger partial charge in [0.05, 0.1) is 11.1 Å². The summed E-state index contributed by atoms with van der Waals surface area (Å²) < 4.78 is 5.04. The van der Waals surface area contributed by atoms with Gasteiger partial charge in [-0.25, -0.2) is 9.59 Å². The lowest BCUT2D eigenvalue weighted by molar-refractivity contribution is 0.0463. The van der Waals surface area contributed by atoms with Crippen LogP contribution in [0.25, 0.3) is 0 Å². The number of carbonyl (C=O) groups excluding carboxylic acids is 1. The zero-order chi connectivity index (χ0) is 10.8. The van der Waals surface area contributed by atoms with E-state index in [-0.39, 0.29) is 17.2 Å². The van der Waals surface area contributed by atoms with Crippen molar-refractivity contribution in [1.82, 2.24) is 0 Å². The molecule has 0 aliphatic heterocycles. The highest BCUT2D eigenvalue weighted by Gasteiger charge is 2.28. The minimum absolute atomic E-state index is 0.0110. The fourth-order valence-corrected chi connectivity index (χ4v) is 1.25. The Morgan fingerprint density at radius 2 is 1.80 bits per heavy atom. The summed E-state index contributed by atoms with van der Waals surface area (Å²) in [6.07, 6.45) is 1.74. The van der Waals surface area contributed by atoms with E-state index in [0.717, 1.165) is 12.8 Å². The van der Waals surface area contributed by atoms with Gasteiger partial charge in [0.15, 0.2) is 0 Å². The maximum atomic E-state index is 11.5. The molecule has 4 heteroatoms. The summed E-state index contributed by atoms with van der Waals surface area (Å²) in [5, 5.41) is 8.86. The molecule has 1 N–H and O–H groups in total. The maximum Gasteiger partial charge on any atom is 0.339 e. The quantitative estimate of drug-likeness (QED) is 0.764. The zero-order valence-electron chi connectivity index (χ0n) is 7.97. The summed E-state index contributed by atoms with van der Waals surface area (Å²) in [7, 11) is 0. The molecule has 1 aliphatic carbocycles. The number of rotatable bonds is 3. The minimum Gasteiger partial charge on any atom is -0.478 e. The lowest BCUT2D eigenvalue weighted by Crippen LogP contribution is -2.12. The van der Waals surface area contributed by atoms with Gasteiger partial charge in [0.25, 0.3) is 0 Å². The molecule has 0 spiro atoms. The number of carbonyl (C=O) groups is 2. The Bertz CT molecular complexity index is 407. The first kappa shape index (κ1) is 9.71. The van der Waals surface area contributed by atoms with Gasteiger partial charge in [-0.05, 0) is 25.0 Å². The molecule has 1 aliphatic rings. The third-order valence-electron chi connectivity index (χ3n) is 2.18. The van der Waals surface area contributed by atoms with Crippen LogP contribution in [0.2, 0.25) is 0 Å². The van der Waals surface area contributed by atoms with Crippen LogP contribution in [-0.4, -0.2) is 23.1 Å². The smallest absolute Gasteiger partial charge is 0.339 e. The molecule has 0 saturated heterocycles. The summed E-state index contributed by atoms with van der Waals surface area (Å²) in [6, 6.07) is 6.06. The Labute approximate surface area is 86.5 Å². The molecule has 0 atom stereocenters. The standard InChI is InChI=1S/C11H10O4/c12-10(13)8-3-1-2-4-9(8)11(14)15-7-5-6-7/h1-4,7H,5-6H2,(H,12,13). The van der Waals surface area contributed by atoms with Crippen LogP contribution < -0.4 is 0 Å². The first-order valence-electron chi connectivity index (χ1n) is 4.72. The van der Waals surface area contributed by atoms with Crippen molar-refractivity contribution in [3.8, 4) is 0 Å². The fraction of sp³-hybridized carbons (Fsp3) is 0.273. The van der Waals surface area contributed by atoms with Crippen molar-refractivity contribution in [2.75, 3.05) is 0 Å². The van der Waals surface area contributed by atoms with Crippen molar-refractivity contribution in [3.05, 3.63) is 35.4 Å². The van der Waals surface area contributed by atoms with Crippen LogP contribution in [0, 0.1) is 0 Å². The van der Waals surface area contributed by atoms with Crippen LogP contribution in [-0.2, 0) is 4.74 Å². The number of carboxylic acid groups (broad SMARTS) is 1. The van der Waals surface area contributed by atoms with Crippen LogP contribution in [0.1, 0.15) is 33.6 Å². The maximum absolute atomic E-state index is 11.5. The van der Waals surface area contributed by atoms with Gasteiger partial charge in [-0.3, -0.25) is 0 Å². The topological polar surface area (TPSA) is 63.6 Å². The molecule has 1 saturated carbocycles. The number of hydrogen-bond acceptors (Lipinski definition) is 3. The third kappa shape index (κ3) is 2.15. The summed E-state index contributed by atoms with van der Waals surface area (Å²) >= 11 is 0. The van der Waals surface area contributed by atoms with Crippen LogP contribution in [0.5, 0.6) is 0 Å². The van der Waals surface area contributed by atoms with Gasteiger partial charge in [-0.15, -0.1) is 0 Å². The van der Waals surface area contributed by atoms with Crippen molar-refractivity contribution >= 4 is 11.9 Å². The van der Waals surface area contributed by atoms with Gasteiger partial charge in [0, 0.05) is 0 Å². The van der Waals surface area contributed by atoms with Crippen molar-refractivity contribution in [3.63, 3.8) is 0 Å². The van der Waals surface area contributed by atoms with Gasteiger partial charge >= 0.3 is 11.9 Å². The first-order valence-corrected chi connectivity index (χ1v) is 4.72. The van der Waals surface area contributed by atoms with Gasteiger partial charge < -0.3 is 9.84 Å². The molecule has 1 aromatic carbocycles. The lowest BCUT2D eigenvalue weighted by atomic mass is 10.1. The molecule has 0 aromatic heterocycles. The number of esters is 1. The van der Waals surface area contributed by atoms with Crippen molar-refractivity contribution in [2.45, 2.75) is 18.9 Å². The number of aromatic carboxylic acids is 1. The Hall–Kier alpha value is -1.84. The van der Waals surface area contributed by atoms with E-state index >= 15 is 0 Å². The first-order chi connectivity index (χ1) is 7.18. The molecule has 15 heavy (non-hydrogen) atoms. The van der Waals surface area contributed by atoms with Crippen molar-refractivity contribution in [1.29, 1.82) is 0 Å². The Morgan fingerprint density at radius 1 is 1.20 bits per heavy atom. The molecule has 78 valence electrons. The predicted molar refractivity (Wildman–Crippen MR) is 51.8 cm³/mol. The van der Waals surface area contributed by atoms with Crippen LogP contribution >= 0.6 is 0 Å². The molecule has 0 radical (unpaired) electrons. The number of ether oxygens (including phenoxy) is 1. The molecule has 0 unspecified atom stereocenters. The minimum atomic E-state index is -1.11. The molecular weight excluding hydrogens is 196 g/mol. The van der Waals surface area contributed by atoms with E-state index in [1.54, 1.807) is 12.1 Å². The van der Waals surface area contributed by atoms with E-state index in [2.05, 4.69) is 0 Å². The summed E-state index contributed by atoms with van der Waals surface area (Å²) in [6.45, 7) is 0. The molecule has 0 amide bonds. The van der Waals surface area contributed by atoms with E-state index < -0.39 is 11.9 Å². The largest absolute Gasteiger partial charge is 0.478 e. The van der Waals surface area contributed by atoms with Gasteiger partial charge in [-0.1, -0.05) is 12.1 Å². The predicted octanol–water partition coefficient (Wildman–Crippen LogP) is 1.70. The normalized spacial score (nSPS) is 14.7. The molecule has 4 nitrogen and oxygen atoms in total. The van der Waals surface area contributed by atoms with Crippen LogP contribution in [0.15, 0.2) is 24.3 Å². The van der Waals surface area contributed by atoms with Crippen LogP contribution in [0.3, 0.4) is 0 Å². The zero-order valence-corrected chi connectivity index (χ0v) is 7.97. The molecule has 0 bridgehead atoms. The Balaban J connectivity index is 2.24. The molecular formula is C11H10O4. The van der Waals surface area contributed by atoms with Gasteiger partial charge in [-0.2, -0.15) is 0 Å². The highest BCUT2D eigenvalue weighted by Crippen LogP contribution is 2.25. The Morgan fingerprint density at radius 3 is 2.33 bits per heavy atom. The second kappa shape index (κ2) is 3.73. The van der Waals surface area contributed by atoms with Crippen LogP contribution in [0.4, 0.5) is 0 Å². The number of hydrogen-bond donors (Lipinski definition) is 1. The Kier molecular flexibility index (Phi) is 2.41. The molecule has 1 aromatic rings. The molecule has 2 rings (SSSR count). The van der Waals surface area contributed by atoms with E-state index in [1.165, 1.54) is 12.1 Å². The number of benzene rings is 1. The van der Waals surface area contributed by atoms with Crippen molar-refractivity contribution < 1.29 is 19.4 Å². The van der Waals surface area contributed by atoms with E-state index in [4.69, 9.17) is 9.84 Å². The summed E-state index contributed by atoms with van der Waals surface area (Å²) in [4.78, 5) is 22.4. The van der Waals surface area contributed by atoms with Gasteiger partial charge in [0.2, 0.25) is 0 Å². The SMILES string of the molecule is O=C(O)c1ccccc1C(=O)OC1CC1.